The molecule has 3 nitrogen and oxygen atoms in total. The van der Waals surface area contributed by atoms with Crippen LogP contribution in [0.25, 0.3) is 0 Å². The molecule has 1 aromatic heterocycles. The molecule has 1 rings (SSSR count). The van der Waals surface area contributed by atoms with E-state index in [1.165, 1.54) is 11.3 Å². The number of carbonyl (C=O) groups excluding carboxylic acids is 1. The highest BCUT2D eigenvalue weighted by molar-refractivity contribution is 7.12. The van der Waals surface area contributed by atoms with E-state index in [1.54, 1.807) is 19.1 Å². The number of carbonyl (C=O) groups is 1. The number of hydrogen-bond acceptors (Lipinski definition) is 3. The average molecular weight is 276 g/mol. The summed E-state index contributed by atoms with van der Waals surface area (Å²) < 4.78 is 4.95. The lowest BCUT2D eigenvalue weighted by Gasteiger charge is -2.20. The van der Waals surface area contributed by atoms with Crippen molar-refractivity contribution >= 4 is 28.8 Å². The fourth-order valence-electron chi connectivity index (χ4n) is 1.59. The minimum absolute atomic E-state index is 0.0404. The maximum absolute atomic E-state index is 12.2. The van der Waals surface area contributed by atoms with Crippen molar-refractivity contribution in [3.63, 3.8) is 0 Å². The quantitative estimate of drug-likeness (QED) is 0.747. The second-order valence-electron chi connectivity index (χ2n) is 3.87. The molecule has 0 saturated heterocycles. The number of rotatable bonds is 6. The summed E-state index contributed by atoms with van der Waals surface area (Å²) in [6.45, 7) is 2.99. The smallest absolute Gasteiger partial charge is 0.263 e. The number of ether oxygens (including phenoxy) is 1. The third-order valence-electron chi connectivity index (χ3n) is 2.49. The van der Waals surface area contributed by atoms with Crippen LogP contribution in [0, 0.1) is 0 Å². The van der Waals surface area contributed by atoms with Crippen molar-refractivity contribution < 1.29 is 9.53 Å². The Hall–Kier alpha value is -0.580. The zero-order valence-corrected chi connectivity index (χ0v) is 12.0. The second-order valence-corrected chi connectivity index (χ2v) is 5.40. The molecular weight excluding hydrogens is 258 g/mol. The molecule has 0 aliphatic heterocycles. The third-order valence-corrected chi connectivity index (χ3v) is 3.70. The van der Waals surface area contributed by atoms with E-state index in [9.17, 15) is 4.79 Å². The van der Waals surface area contributed by atoms with E-state index >= 15 is 0 Å². The fourth-order valence-corrected chi connectivity index (χ4v) is 2.91. The van der Waals surface area contributed by atoms with E-state index in [0.29, 0.717) is 13.2 Å². The summed E-state index contributed by atoms with van der Waals surface area (Å²) in [6, 6.07) is 2.00. The first-order chi connectivity index (χ1) is 8.10. The van der Waals surface area contributed by atoms with E-state index in [-0.39, 0.29) is 11.3 Å². The number of halogens is 1. The molecule has 1 atom stereocenters. The Balaban J connectivity index is 2.63. The Kier molecular flexibility index (Phi) is 5.95. The average Bonchev–Trinajstić information content (AvgIpc) is 2.76. The Morgan fingerprint density at radius 2 is 2.35 bits per heavy atom. The van der Waals surface area contributed by atoms with Gasteiger partial charge in [-0.3, -0.25) is 4.79 Å². The van der Waals surface area contributed by atoms with Crippen molar-refractivity contribution in [2.24, 2.45) is 0 Å². The summed E-state index contributed by atoms with van der Waals surface area (Å²) >= 11 is 7.52. The first-order valence-corrected chi connectivity index (χ1v) is 6.86. The Labute approximate surface area is 111 Å². The predicted octanol–water partition coefficient (Wildman–Crippen LogP) is 2.64. The molecule has 1 amide bonds. The lowest BCUT2D eigenvalue weighted by molar-refractivity contribution is 0.0785. The summed E-state index contributed by atoms with van der Waals surface area (Å²) in [5, 5.41) is 1.78. The summed E-state index contributed by atoms with van der Waals surface area (Å²) in [6.07, 6.45) is 0.876. The SMILES string of the molecule is CCc1ccsc1C(=O)N(C)CC(Cl)COC. The second kappa shape index (κ2) is 6.99. The van der Waals surface area contributed by atoms with Crippen molar-refractivity contribution in [1.82, 2.24) is 4.90 Å². The van der Waals surface area contributed by atoms with E-state index in [2.05, 4.69) is 0 Å². The molecule has 0 N–H and O–H groups in total. The highest BCUT2D eigenvalue weighted by atomic mass is 35.5. The molecule has 0 bridgehead atoms. The van der Waals surface area contributed by atoms with E-state index < -0.39 is 0 Å². The van der Waals surface area contributed by atoms with Gasteiger partial charge in [-0.1, -0.05) is 6.92 Å². The lowest BCUT2D eigenvalue weighted by Crippen LogP contribution is -2.33. The van der Waals surface area contributed by atoms with Gasteiger partial charge in [0.2, 0.25) is 0 Å². The maximum Gasteiger partial charge on any atom is 0.263 e. The van der Waals surface area contributed by atoms with Crippen molar-refractivity contribution in [3.05, 3.63) is 21.9 Å². The molecule has 17 heavy (non-hydrogen) atoms. The maximum atomic E-state index is 12.2. The Morgan fingerprint density at radius 1 is 1.65 bits per heavy atom. The molecule has 1 heterocycles. The first kappa shape index (κ1) is 14.5. The molecule has 0 spiro atoms. The van der Waals surface area contributed by atoms with Crippen LogP contribution >= 0.6 is 22.9 Å². The monoisotopic (exact) mass is 275 g/mol. The Morgan fingerprint density at radius 3 is 2.94 bits per heavy atom. The van der Waals surface area contributed by atoms with Gasteiger partial charge in [0.1, 0.15) is 0 Å². The fraction of sp³-hybridized carbons (Fsp3) is 0.583. The number of amides is 1. The molecule has 0 fully saturated rings. The van der Waals surface area contributed by atoms with Gasteiger partial charge in [-0.05, 0) is 23.4 Å². The van der Waals surface area contributed by atoms with Crippen LogP contribution in [-0.4, -0.2) is 43.5 Å². The number of methoxy groups -OCH3 is 1. The summed E-state index contributed by atoms with van der Waals surface area (Å²) in [5.74, 6) is 0.0404. The third kappa shape index (κ3) is 3.98. The highest BCUT2D eigenvalue weighted by Gasteiger charge is 2.18. The molecular formula is C12H18ClNO2S. The number of aryl methyl sites for hydroxylation is 1. The normalized spacial score (nSPS) is 12.5. The number of nitrogens with zero attached hydrogens (tertiary/aromatic N) is 1. The molecule has 1 aromatic rings. The van der Waals surface area contributed by atoms with Crippen molar-refractivity contribution in [2.75, 3.05) is 27.3 Å². The van der Waals surface area contributed by atoms with Gasteiger partial charge in [-0.15, -0.1) is 22.9 Å². The molecule has 96 valence electrons. The molecule has 1 unspecified atom stereocenters. The number of alkyl halides is 1. The summed E-state index contributed by atoms with van der Waals surface area (Å²) in [5.41, 5.74) is 1.10. The van der Waals surface area contributed by atoms with Crippen molar-refractivity contribution in [1.29, 1.82) is 0 Å². The van der Waals surface area contributed by atoms with Gasteiger partial charge in [0.25, 0.3) is 5.91 Å². The van der Waals surface area contributed by atoms with Gasteiger partial charge in [-0.25, -0.2) is 0 Å². The minimum atomic E-state index is -0.168. The summed E-state index contributed by atoms with van der Waals surface area (Å²) in [7, 11) is 3.37. The van der Waals surface area contributed by atoms with Gasteiger partial charge < -0.3 is 9.64 Å². The van der Waals surface area contributed by atoms with Crippen molar-refractivity contribution in [2.45, 2.75) is 18.7 Å². The molecule has 5 heteroatoms. The van der Waals surface area contributed by atoms with E-state index in [1.807, 2.05) is 18.4 Å². The van der Waals surface area contributed by atoms with Crippen LogP contribution in [0.3, 0.4) is 0 Å². The number of hydrogen-bond donors (Lipinski definition) is 0. The topological polar surface area (TPSA) is 29.5 Å². The van der Waals surface area contributed by atoms with Crippen LogP contribution in [0.5, 0.6) is 0 Å². The van der Waals surface area contributed by atoms with Crippen LogP contribution in [-0.2, 0) is 11.2 Å². The van der Waals surface area contributed by atoms with Crippen LogP contribution in [0.1, 0.15) is 22.2 Å². The van der Waals surface area contributed by atoms with Gasteiger partial charge in [0.15, 0.2) is 0 Å². The van der Waals surface area contributed by atoms with Crippen LogP contribution in [0.15, 0.2) is 11.4 Å². The minimum Gasteiger partial charge on any atom is -0.383 e. The van der Waals surface area contributed by atoms with Crippen LogP contribution in [0.4, 0.5) is 0 Å². The standard InChI is InChI=1S/C12H18ClNO2S/c1-4-9-5-6-17-11(9)12(15)14(2)7-10(13)8-16-3/h5-6,10H,4,7-8H2,1-3H3. The molecule has 0 aliphatic carbocycles. The largest absolute Gasteiger partial charge is 0.383 e. The Bertz CT molecular complexity index is 367. The van der Waals surface area contributed by atoms with Crippen LogP contribution in [0.2, 0.25) is 0 Å². The molecule has 0 aromatic carbocycles. The van der Waals surface area contributed by atoms with Gasteiger partial charge in [-0.2, -0.15) is 0 Å². The van der Waals surface area contributed by atoms with Crippen LogP contribution < -0.4 is 0 Å². The van der Waals surface area contributed by atoms with Crippen molar-refractivity contribution in [3.8, 4) is 0 Å². The van der Waals surface area contributed by atoms with E-state index in [0.717, 1.165) is 16.9 Å². The molecule has 0 radical (unpaired) electrons. The molecule has 0 aliphatic rings. The lowest BCUT2D eigenvalue weighted by atomic mass is 10.2. The molecule has 0 saturated carbocycles. The predicted molar refractivity (Wildman–Crippen MR) is 72.2 cm³/mol. The van der Waals surface area contributed by atoms with E-state index in [4.69, 9.17) is 16.3 Å². The zero-order valence-electron chi connectivity index (χ0n) is 10.4. The zero-order chi connectivity index (χ0) is 12.8. The number of thiophene rings is 1. The van der Waals surface area contributed by atoms with Gasteiger partial charge in [0, 0.05) is 20.7 Å². The summed E-state index contributed by atoms with van der Waals surface area (Å²) in [4.78, 5) is 14.6. The first-order valence-electron chi connectivity index (χ1n) is 5.55. The highest BCUT2D eigenvalue weighted by Crippen LogP contribution is 2.19. The van der Waals surface area contributed by atoms with Gasteiger partial charge in [0.05, 0.1) is 16.9 Å². The van der Waals surface area contributed by atoms with Gasteiger partial charge >= 0.3 is 0 Å².